The fourth-order valence-electron chi connectivity index (χ4n) is 5.16. The molecule has 3 atom stereocenters. The Bertz CT molecular complexity index is 1170. The Morgan fingerprint density at radius 1 is 1.12 bits per heavy atom. The van der Waals surface area contributed by atoms with E-state index in [1.54, 1.807) is 0 Å². The highest BCUT2D eigenvalue weighted by molar-refractivity contribution is 6.04. The number of hydrogen-bond acceptors (Lipinski definition) is 4. The van der Waals surface area contributed by atoms with Gasteiger partial charge in [-0.15, -0.1) is 0 Å². The molecule has 1 saturated carbocycles. The van der Waals surface area contributed by atoms with Gasteiger partial charge in [0.1, 0.15) is 0 Å². The number of aryl methyl sites for hydroxylation is 1. The third kappa shape index (κ3) is 3.72. The maximum atomic E-state index is 13.4. The molecule has 1 aromatic heterocycles. The predicted molar refractivity (Wildman–Crippen MR) is 124 cm³/mol. The maximum absolute atomic E-state index is 13.4. The van der Waals surface area contributed by atoms with E-state index in [1.165, 1.54) is 0 Å². The Kier molecular flexibility index (Phi) is 5.33. The van der Waals surface area contributed by atoms with E-state index in [1.807, 2.05) is 41.0 Å². The van der Waals surface area contributed by atoms with Gasteiger partial charge >= 0.3 is 5.97 Å². The summed E-state index contributed by atoms with van der Waals surface area (Å²) in [6.45, 7) is 2.17. The van der Waals surface area contributed by atoms with Gasteiger partial charge in [0.25, 0.3) is 5.91 Å². The first kappa shape index (κ1) is 20.5. The van der Waals surface area contributed by atoms with Gasteiger partial charge in [-0.05, 0) is 63.3 Å². The second-order valence-electron chi connectivity index (χ2n) is 9.02. The van der Waals surface area contributed by atoms with E-state index in [0.29, 0.717) is 30.4 Å². The van der Waals surface area contributed by atoms with Crippen LogP contribution in [0, 0.1) is 5.92 Å². The lowest BCUT2D eigenvalue weighted by Gasteiger charge is -2.29. The third-order valence-electron chi connectivity index (χ3n) is 6.79. The smallest absolute Gasteiger partial charge is 0.306 e. The Morgan fingerprint density at radius 2 is 1.94 bits per heavy atom. The molecule has 2 aliphatic rings. The number of fused-ring (bicyclic) bond motifs is 3. The summed E-state index contributed by atoms with van der Waals surface area (Å²) in [6.07, 6.45) is 4.77. The van der Waals surface area contributed by atoms with Gasteiger partial charge in [-0.2, -0.15) is 0 Å². The van der Waals surface area contributed by atoms with Gasteiger partial charge < -0.3 is 20.3 Å². The van der Waals surface area contributed by atoms with Crippen molar-refractivity contribution >= 4 is 34.3 Å². The summed E-state index contributed by atoms with van der Waals surface area (Å²) in [6, 6.07) is 13.8. The quantitative estimate of drug-likeness (QED) is 0.548. The molecule has 2 aromatic carbocycles. The number of carboxylic acids is 1. The summed E-state index contributed by atoms with van der Waals surface area (Å²) in [7, 11) is 0. The van der Waals surface area contributed by atoms with Crippen LogP contribution in [0.4, 0.5) is 11.4 Å². The highest BCUT2D eigenvalue weighted by Crippen LogP contribution is 2.39. The number of nitrogens with one attached hydrogen (secondary N) is 2. The summed E-state index contributed by atoms with van der Waals surface area (Å²) in [5, 5.41) is 16.1. The minimum absolute atomic E-state index is 0.0695. The molecule has 0 spiro atoms. The number of benzene rings is 2. The molecule has 0 bridgehead atoms. The Hall–Kier alpha value is -3.35. The first-order valence-corrected chi connectivity index (χ1v) is 11.4. The molecule has 7 heteroatoms. The minimum atomic E-state index is -0.759. The van der Waals surface area contributed by atoms with Crippen molar-refractivity contribution < 1.29 is 14.7 Å². The van der Waals surface area contributed by atoms with Gasteiger partial charge in [0.2, 0.25) is 5.82 Å². The molecule has 1 aliphatic carbocycles. The Balaban J connectivity index is 1.61. The van der Waals surface area contributed by atoms with Crippen molar-refractivity contribution in [1.29, 1.82) is 0 Å². The van der Waals surface area contributed by atoms with Crippen LogP contribution in [0.3, 0.4) is 0 Å². The fourth-order valence-corrected chi connectivity index (χ4v) is 5.16. The molecule has 7 nitrogen and oxygen atoms in total. The number of carboxylic acid groups (broad SMARTS) is 1. The van der Waals surface area contributed by atoms with Gasteiger partial charge in [0.05, 0.1) is 17.0 Å². The summed E-state index contributed by atoms with van der Waals surface area (Å²) in [5.41, 5.74) is 4.68. The molecule has 32 heavy (non-hydrogen) atoms. The van der Waals surface area contributed by atoms with E-state index in [9.17, 15) is 14.7 Å². The van der Waals surface area contributed by atoms with Crippen LogP contribution >= 0.6 is 0 Å². The molecular formula is C25H28N4O3. The SMILES string of the molecule is C[C@H]1CCc2c(ccc3c2nc(C(=O)Nc2ccccc2)n3[C@@H]2CCC[C@@H](C(=O)O)C2)N1. The number of imidazole rings is 1. The van der Waals surface area contributed by atoms with Crippen LogP contribution in [0.5, 0.6) is 0 Å². The zero-order valence-electron chi connectivity index (χ0n) is 18.2. The molecule has 1 fully saturated rings. The lowest BCUT2D eigenvalue weighted by atomic mass is 9.85. The first-order chi connectivity index (χ1) is 15.5. The number of para-hydroxylation sites is 1. The third-order valence-corrected chi connectivity index (χ3v) is 6.79. The molecule has 166 valence electrons. The number of carbonyl (C=O) groups excluding carboxylic acids is 1. The lowest BCUT2D eigenvalue weighted by Crippen LogP contribution is -2.27. The molecule has 2 heterocycles. The molecule has 0 saturated heterocycles. The highest BCUT2D eigenvalue weighted by Gasteiger charge is 2.32. The molecule has 0 unspecified atom stereocenters. The maximum Gasteiger partial charge on any atom is 0.306 e. The van der Waals surface area contributed by atoms with Crippen LogP contribution in [0.2, 0.25) is 0 Å². The lowest BCUT2D eigenvalue weighted by molar-refractivity contribution is -0.143. The van der Waals surface area contributed by atoms with Crippen molar-refractivity contribution in [3.8, 4) is 0 Å². The number of hydrogen-bond donors (Lipinski definition) is 3. The highest BCUT2D eigenvalue weighted by atomic mass is 16.4. The number of amides is 1. The van der Waals surface area contributed by atoms with Gasteiger partial charge in [-0.3, -0.25) is 9.59 Å². The topological polar surface area (TPSA) is 96.2 Å². The fraction of sp³-hybridized carbons (Fsp3) is 0.400. The van der Waals surface area contributed by atoms with Gasteiger partial charge in [0.15, 0.2) is 0 Å². The molecule has 3 N–H and O–H groups in total. The van der Waals surface area contributed by atoms with Crippen LogP contribution in [-0.2, 0) is 11.2 Å². The second kappa shape index (κ2) is 8.30. The van der Waals surface area contributed by atoms with E-state index >= 15 is 0 Å². The van der Waals surface area contributed by atoms with Gasteiger partial charge in [-0.1, -0.05) is 24.6 Å². The summed E-state index contributed by atoms with van der Waals surface area (Å²) >= 11 is 0. The average Bonchev–Trinajstić information content (AvgIpc) is 3.20. The molecular weight excluding hydrogens is 404 g/mol. The molecule has 3 aromatic rings. The summed E-state index contributed by atoms with van der Waals surface area (Å²) < 4.78 is 2.00. The Labute approximate surface area is 186 Å². The van der Waals surface area contributed by atoms with Crippen LogP contribution in [0.15, 0.2) is 42.5 Å². The van der Waals surface area contributed by atoms with Crippen molar-refractivity contribution in [2.24, 2.45) is 5.92 Å². The number of aliphatic carboxylic acids is 1. The van der Waals surface area contributed by atoms with Gasteiger partial charge in [0, 0.05) is 29.0 Å². The van der Waals surface area contributed by atoms with Crippen LogP contribution in [-0.4, -0.2) is 32.6 Å². The predicted octanol–water partition coefficient (Wildman–Crippen LogP) is 4.85. The summed E-state index contributed by atoms with van der Waals surface area (Å²) in [5.74, 6) is -1.07. The van der Waals surface area contributed by atoms with Crippen molar-refractivity contribution in [2.75, 3.05) is 10.6 Å². The van der Waals surface area contributed by atoms with Crippen molar-refractivity contribution in [3.05, 3.63) is 53.9 Å². The zero-order valence-corrected chi connectivity index (χ0v) is 18.2. The number of carbonyl (C=O) groups is 2. The number of anilines is 2. The van der Waals surface area contributed by atoms with Crippen molar-refractivity contribution in [1.82, 2.24) is 9.55 Å². The van der Waals surface area contributed by atoms with Crippen molar-refractivity contribution in [2.45, 2.75) is 57.5 Å². The normalized spacial score (nSPS) is 22.7. The average molecular weight is 433 g/mol. The Morgan fingerprint density at radius 3 is 2.72 bits per heavy atom. The monoisotopic (exact) mass is 432 g/mol. The van der Waals surface area contributed by atoms with E-state index in [4.69, 9.17) is 4.98 Å². The largest absolute Gasteiger partial charge is 0.481 e. The summed E-state index contributed by atoms with van der Waals surface area (Å²) in [4.78, 5) is 29.9. The zero-order chi connectivity index (χ0) is 22.2. The first-order valence-electron chi connectivity index (χ1n) is 11.4. The van der Waals surface area contributed by atoms with Gasteiger partial charge in [-0.25, -0.2) is 4.98 Å². The standard InChI is InChI=1S/C25H28N4O3/c1-15-10-11-19-20(26-15)12-13-21-22(19)28-23(24(30)27-17-7-3-2-4-8-17)29(21)18-9-5-6-16(14-18)25(31)32/h2-4,7-8,12-13,15-16,18,26H,5-6,9-11,14H2,1H3,(H,27,30)(H,31,32)/t15-,16+,18+/m0/s1. The van der Waals surface area contributed by atoms with Crippen LogP contribution < -0.4 is 10.6 Å². The van der Waals surface area contributed by atoms with Crippen LogP contribution in [0.25, 0.3) is 11.0 Å². The van der Waals surface area contributed by atoms with Crippen molar-refractivity contribution in [3.63, 3.8) is 0 Å². The van der Waals surface area contributed by atoms with E-state index in [0.717, 1.165) is 48.0 Å². The molecule has 5 rings (SSSR count). The minimum Gasteiger partial charge on any atom is -0.481 e. The van der Waals surface area contributed by atoms with E-state index < -0.39 is 11.9 Å². The molecule has 1 amide bonds. The van der Waals surface area contributed by atoms with E-state index in [-0.39, 0.29) is 11.9 Å². The second-order valence-corrected chi connectivity index (χ2v) is 9.02. The number of rotatable bonds is 4. The number of nitrogens with zero attached hydrogens (tertiary/aromatic N) is 2. The molecule has 1 aliphatic heterocycles. The number of aromatic nitrogens is 2. The van der Waals surface area contributed by atoms with E-state index in [2.05, 4.69) is 23.6 Å². The van der Waals surface area contributed by atoms with Crippen LogP contribution in [0.1, 0.15) is 61.3 Å². The molecule has 0 radical (unpaired) electrons.